The molecule has 0 spiro atoms. The van der Waals surface area contributed by atoms with E-state index in [-0.39, 0.29) is 0 Å². The molecule has 0 radical (unpaired) electrons. The molecule has 0 unspecified atom stereocenters. The van der Waals surface area contributed by atoms with Crippen LogP contribution in [0.15, 0.2) is 30.3 Å². The Labute approximate surface area is 128 Å². The van der Waals surface area contributed by atoms with Crippen molar-refractivity contribution in [2.45, 2.75) is 73.1 Å². The predicted molar refractivity (Wildman–Crippen MR) is 94.5 cm³/mol. The Bertz CT molecular complexity index is 237. The van der Waals surface area contributed by atoms with E-state index < -0.39 is 0 Å². The van der Waals surface area contributed by atoms with Crippen LogP contribution in [0.25, 0.3) is 0 Å². The molecule has 1 heteroatoms. The van der Waals surface area contributed by atoms with Gasteiger partial charge in [0.05, 0.1) is 0 Å². The van der Waals surface area contributed by atoms with E-state index in [1.54, 1.807) is 0 Å². The lowest BCUT2D eigenvalue weighted by molar-refractivity contribution is 0.633. The minimum absolute atomic E-state index is 1.18. The third-order valence-electron chi connectivity index (χ3n) is 2.80. The van der Waals surface area contributed by atoms with E-state index in [1.807, 2.05) is 13.8 Å². The number of unbranched alkanes of at least 4 members (excludes halogenated alkanes) is 2. The first kappa shape index (κ1) is 21.5. The molecular weight excluding hydrogens is 242 g/mol. The van der Waals surface area contributed by atoms with E-state index in [4.69, 9.17) is 0 Å². The van der Waals surface area contributed by atoms with Gasteiger partial charge in [0.15, 0.2) is 0 Å². The monoisotopic (exact) mass is 279 g/mol. The molecule has 0 aliphatic carbocycles. The first-order chi connectivity index (χ1) is 9.85. The van der Waals surface area contributed by atoms with Gasteiger partial charge in [-0.05, 0) is 44.3 Å². The van der Waals surface area contributed by atoms with Gasteiger partial charge in [0, 0.05) is 0 Å². The Morgan fingerprint density at radius 1 is 0.750 bits per heavy atom. The number of benzene rings is 1. The fraction of sp³-hybridized carbons (Fsp3) is 0.684. The largest absolute Gasteiger partial charge is 0.317 e. The van der Waals surface area contributed by atoms with E-state index in [2.05, 4.69) is 56.4 Å². The second-order valence-electron chi connectivity index (χ2n) is 4.69. The molecule has 1 nitrogen and oxygen atoms in total. The molecule has 0 aliphatic heterocycles. The van der Waals surface area contributed by atoms with Gasteiger partial charge in [-0.25, -0.2) is 0 Å². The highest BCUT2D eigenvalue weighted by molar-refractivity contribution is 5.14. The summed E-state index contributed by atoms with van der Waals surface area (Å²) in [5.41, 5.74) is 1.46. The predicted octanol–water partition coefficient (Wildman–Crippen LogP) is 5.84. The zero-order chi connectivity index (χ0) is 15.5. The second-order valence-corrected chi connectivity index (χ2v) is 4.69. The van der Waals surface area contributed by atoms with Crippen molar-refractivity contribution in [1.82, 2.24) is 5.32 Å². The summed E-state index contributed by atoms with van der Waals surface area (Å²) >= 11 is 0. The lowest BCUT2D eigenvalue weighted by atomic mass is 10.1. The van der Waals surface area contributed by atoms with Gasteiger partial charge in [-0.3, -0.25) is 0 Å². The van der Waals surface area contributed by atoms with E-state index in [0.717, 1.165) is 0 Å². The Morgan fingerprint density at radius 2 is 1.35 bits per heavy atom. The standard InChI is InChI=1S/C10H14.C7H17N.C2H6/c1-2-3-7-10-8-5-4-6-9-10;1-3-5-7-8-6-4-2;1-2/h4-6,8-9H,2-3,7H2,1H3;8H,3-7H2,1-2H3;1-2H3. The quantitative estimate of drug-likeness (QED) is 0.589. The SMILES string of the molecule is CC.CCCCNCCC.CCCCc1ccccc1. The minimum atomic E-state index is 1.18. The molecule has 1 aromatic rings. The smallest absolute Gasteiger partial charge is 0.00490 e. The van der Waals surface area contributed by atoms with E-state index >= 15 is 0 Å². The van der Waals surface area contributed by atoms with Gasteiger partial charge in [0.25, 0.3) is 0 Å². The Kier molecular flexibility index (Phi) is 22.0. The molecule has 0 saturated carbocycles. The molecule has 1 rings (SSSR count). The van der Waals surface area contributed by atoms with Crippen molar-refractivity contribution < 1.29 is 0 Å². The second kappa shape index (κ2) is 20.5. The Balaban J connectivity index is 0. The zero-order valence-corrected chi connectivity index (χ0v) is 14.5. The summed E-state index contributed by atoms with van der Waals surface area (Å²) in [6.45, 7) is 13.0. The third kappa shape index (κ3) is 17.2. The van der Waals surface area contributed by atoms with Crippen LogP contribution in [0.2, 0.25) is 0 Å². The lowest BCUT2D eigenvalue weighted by Crippen LogP contribution is -2.15. The van der Waals surface area contributed by atoms with Crippen molar-refractivity contribution >= 4 is 0 Å². The fourth-order valence-electron chi connectivity index (χ4n) is 1.63. The lowest BCUT2D eigenvalue weighted by Gasteiger charge is -1.98. The van der Waals surface area contributed by atoms with Crippen LogP contribution in [0.4, 0.5) is 0 Å². The summed E-state index contributed by atoms with van der Waals surface area (Å²) in [5, 5.41) is 3.34. The number of nitrogens with one attached hydrogen (secondary N) is 1. The maximum Gasteiger partial charge on any atom is -0.00490 e. The van der Waals surface area contributed by atoms with Gasteiger partial charge >= 0.3 is 0 Å². The molecule has 1 N–H and O–H groups in total. The highest BCUT2D eigenvalue weighted by Crippen LogP contribution is 2.03. The highest BCUT2D eigenvalue weighted by Gasteiger charge is 1.87. The first-order valence-corrected chi connectivity index (χ1v) is 8.59. The van der Waals surface area contributed by atoms with Gasteiger partial charge in [-0.15, -0.1) is 0 Å². The number of rotatable bonds is 8. The number of aryl methyl sites for hydroxylation is 1. The van der Waals surface area contributed by atoms with E-state index in [1.165, 1.54) is 57.2 Å². The van der Waals surface area contributed by atoms with Crippen molar-refractivity contribution in [3.8, 4) is 0 Å². The molecule has 0 heterocycles. The van der Waals surface area contributed by atoms with Gasteiger partial charge in [0.1, 0.15) is 0 Å². The summed E-state index contributed by atoms with van der Waals surface area (Å²) < 4.78 is 0. The summed E-state index contributed by atoms with van der Waals surface area (Å²) in [6, 6.07) is 10.6. The molecule has 0 bridgehead atoms. The van der Waals surface area contributed by atoms with E-state index in [9.17, 15) is 0 Å². The van der Waals surface area contributed by atoms with Crippen molar-refractivity contribution in [2.24, 2.45) is 0 Å². The van der Waals surface area contributed by atoms with Crippen LogP contribution in [-0.4, -0.2) is 13.1 Å². The summed E-state index contributed by atoms with van der Waals surface area (Å²) in [6.07, 6.45) is 7.71. The Morgan fingerprint density at radius 3 is 1.85 bits per heavy atom. The maximum atomic E-state index is 3.34. The van der Waals surface area contributed by atoms with Gasteiger partial charge in [-0.2, -0.15) is 0 Å². The molecule has 0 aromatic heterocycles. The van der Waals surface area contributed by atoms with Gasteiger partial charge in [-0.1, -0.05) is 77.8 Å². The van der Waals surface area contributed by atoms with Crippen LogP contribution in [0.1, 0.15) is 72.3 Å². The van der Waals surface area contributed by atoms with E-state index in [0.29, 0.717) is 0 Å². The molecule has 1 aromatic carbocycles. The van der Waals surface area contributed by atoms with Crippen LogP contribution < -0.4 is 5.32 Å². The van der Waals surface area contributed by atoms with Crippen molar-refractivity contribution in [3.05, 3.63) is 35.9 Å². The third-order valence-corrected chi connectivity index (χ3v) is 2.80. The molecule has 0 saturated heterocycles. The van der Waals surface area contributed by atoms with Gasteiger partial charge < -0.3 is 5.32 Å². The van der Waals surface area contributed by atoms with Crippen molar-refractivity contribution in [3.63, 3.8) is 0 Å². The molecule has 0 amide bonds. The summed E-state index contributed by atoms with van der Waals surface area (Å²) in [7, 11) is 0. The summed E-state index contributed by atoms with van der Waals surface area (Å²) in [5.74, 6) is 0. The highest BCUT2D eigenvalue weighted by atomic mass is 14.8. The maximum absolute atomic E-state index is 3.34. The molecule has 0 fully saturated rings. The number of hydrogen-bond donors (Lipinski definition) is 1. The van der Waals surface area contributed by atoms with Crippen LogP contribution in [0, 0.1) is 0 Å². The first-order valence-electron chi connectivity index (χ1n) is 8.59. The fourth-order valence-corrected chi connectivity index (χ4v) is 1.63. The zero-order valence-electron chi connectivity index (χ0n) is 14.5. The van der Waals surface area contributed by atoms with Crippen LogP contribution in [0.3, 0.4) is 0 Å². The topological polar surface area (TPSA) is 12.0 Å². The minimum Gasteiger partial charge on any atom is -0.317 e. The van der Waals surface area contributed by atoms with Crippen LogP contribution in [0.5, 0.6) is 0 Å². The summed E-state index contributed by atoms with van der Waals surface area (Å²) in [4.78, 5) is 0. The average Bonchev–Trinajstić information content (AvgIpc) is 2.53. The number of hydrogen-bond acceptors (Lipinski definition) is 1. The molecule has 0 atom stereocenters. The van der Waals surface area contributed by atoms with Gasteiger partial charge in [0.2, 0.25) is 0 Å². The molecular formula is C19H37N. The Hall–Kier alpha value is -0.820. The normalized spacial score (nSPS) is 9.05. The average molecular weight is 280 g/mol. The van der Waals surface area contributed by atoms with Crippen LogP contribution in [-0.2, 0) is 6.42 Å². The van der Waals surface area contributed by atoms with Crippen LogP contribution >= 0.6 is 0 Å². The molecule has 0 aliphatic rings. The molecule has 20 heavy (non-hydrogen) atoms. The molecule has 118 valence electrons. The van der Waals surface area contributed by atoms with Crippen molar-refractivity contribution in [2.75, 3.05) is 13.1 Å². The van der Waals surface area contributed by atoms with Crippen molar-refractivity contribution in [1.29, 1.82) is 0 Å².